The number of halogens is 1. The maximum Gasteiger partial charge on any atom is 0.329 e. The predicted molar refractivity (Wildman–Crippen MR) is 105 cm³/mol. The number of benzene rings is 1. The first-order valence-electron chi connectivity index (χ1n) is 9.89. The van der Waals surface area contributed by atoms with E-state index in [-0.39, 0.29) is 41.3 Å². The molecule has 3 fully saturated rings. The number of hydrogen-bond donors (Lipinski definition) is 0. The van der Waals surface area contributed by atoms with E-state index in [2.05, 4.69) is 28.1 Å². The molecule has 5 aliphatic rings. The number of likely N-dealkylation sites (tertiary alicyclic amines) is 1. The van der Waals surface area contributed by atoms with Gasteiger partial charge >= 0.3 is 5.97 Å². The second-order valence-corrected chi connectivity index (χ2v) is 9.33. The van der Waals surface area contributed by atoms with Gasteiger partial charge in [0.05, 0.1) is 11.8 Å². The Bertz CT molecular complexity index is 918. The Kier molecular flexibility index (Phi) is 4.28. The molecule has 2 bridgehead atoms. The van der Waals surface area contributed by atoms with Crippen LogP contribution in [0.25, 0.3) is 0 Å². The van der Waals surface area contributed by atoms with Gasteiger partial charge in [-0.05, 0) is 49.1 Å². The molecule has 7 atom stereocenters. The van der Waals surface area contributed by atoms with Crippen molar-refractivity contribution < 1.29 is 23.9 Å². The van der Waals surface area contributed by atoms with Crippen LogP contribution in [0.2, 0.25) is 0 Å². The summed E-state index contributed by atoms with van der Waals surface area (Å²) in [5, 5.41) is 0. The third-order valence-corrected chi connectivity index (χ3v) is 7.47. The number of carbonyl (C=O) groups is 4. The van der Waals surface area contributed by atoms with Crippen molar-refractivity contribution in [2.45, 2.75) is 19.4 Å². The molecule has 6 rings (SSSR count). The van der Waals surface area contributed by atoms with Crippen LogP contribution in [0.5, 0.6) is 0 Å². The Morgan fingerprint density at radius 2 is 1.62 bits per heavy atom. The van der Waals surface area contributed by atoms with Gasteiger partial charge in [-0.3, -0.25) is 19.3 Å². The van der Waals surface area contributed by atoms with E-state index >= 15 is 0 Å². The molecule has 1 aromatic carbocycles. The lowest BCUT2D eigenvalue weighted by Gasteiger charge is -2.37. The van der Waals surface area contributed by atoms with Crippen LogP contribution in [-0.2, 0) is 19.1 Å². The predicted octanol–water partition coefficient (Wildman–Crippen LogP) is 2.62. The summed E-state index contributed by atoms with van der Waals surface area (Å²) in [6.07, 6.45) is 5.27. The van der Waals surface area contributed by atoms with Crippen molar-refractivity contribution in [3.05, 3.63) is 46.5 Å². The van der Waals surface area contributed by atoms with E-state index in [9.17, 15) is 19.2 Å². The van der Waals surface area contributed by atoms with Gasteiger partial charge in [0.2, 0.25) is 11.8 Å². The molecule has 0 spiro atoms. The SMILES string of the molecule is C[C@H](C(=O)OCC(=O)c1ccc(Br)cc1)N1C(=O)[C@H]2[C@@H]3C=C[C@H]([C@H]4C[C@H]34)[C@@H]2C1=O. The molecule has 4 aliphatic carbocycles. The van der Waals surface area contributed by atoms with E-state index in [4.69, 9.17) is 4.74 Å². The van der Waals surface area contributed by atoms with Gasteiger partial charge in [-0.2, -0.15) is 0 Å². The third-order valence-electron chi connectivity index (χ3n) is 6.94. The number of ketones is 1. The third kappa shape index (κ3) is 2.81. The van der Waals surface area contributed by atoms with Crippen LogP contribution < -0.4 is 0 Å². The number of allylic oxidation sites excluding steroid dienone is 2. The highest BCUT2D eigenvalue weighted by atomic mass is 79.9. The standard InChI is InChI=1S/C22H20BrNO5/c1-10(22(28)29-9-17(25)11-2-4-12(23)5-3-11)24-20(26)18-13-6-7-14(16-8-15(13)16)19(18)21(24)27/h2-7,10,13-16,18-19H,8-9H2,1H3/t10-,13-,14-,15-,16-,18+,19+/m1/s1. The Hall–Kier alpha value is -2.28. The molecule has 29 heavy (non-hydrogen) atoms. The van der Waals surface area contributed by atoms with Crippen LogP contribution in [0.4, 0.5) is 0 Å². The highest BCUT2D eigenvalue weighted by molar-refractivity contribution is 9.10. The smallest absolute Gasteiger partial charge is 0.329 e. The minimum atomic E-state index is -1.03. The van der Waals surface area contributed by atoms with E-state index in [0.717, 1.165) is 15.8 Å². The van der Waals surface area contributed by atoms with Crippen LogP contribution in [0.1, 0.15) is 23.7 Å². The van der Waals surface area contributed by atoms with E-state index in [1.54, 1.807) is 24.3 Å². The number of carbonyl (C=O) groups excluding carboxylic acids is 4. The van der Waals surface area contributed by atoms with Crippen LogP contribution in [-0.4, -0.2) is 41.1 Å². The molecule has 6 nitrogen and oxygen atoms in total. The summed E-state index contributed by atoms with van der Waals surface area (Å²) >= 11 is 3.30. The van der Waals surface area contributed by atoms with Crippen LogP contribution in [0.15, 0.2) is 40.9 Å². The second-order valence-electron chi connectivity index (χ2n) is 8.41. The van der Waals surface area contributed by atoms with Crippen molar-refractivity contribution in [3.8, 4) is 0 Å². The first-order valence-corrected chi connectivity index (χ1v) is 10.7. The molecule has 0 aromatic heterocycles. The largest absolute Gasteiger partial charge is 0.456 e. The van der Waals surface area contributed by atoms with Crippen molar-refractivity contribution >= 4 is 39.5 Å². The van der Waals surface area contributed by atoms with Gasteiger partial charge in [0.1, 0.15) is 6.04 Å². The zero-order chi connectivity index (χ0) is 20.4. The summed E-state index contributed by atoms with van der Waals surface area (Å²) in [7, 11) is 0. The summed E-state index contributed by atoms with van der Waals surface area (Å²) in [6.45, 7) is 1.07. The van der Waals surface area contributed by atoms with Gasteiger partial charge in [0.15, 0.2) is 12.4 Å². The Labute approximate surface area is 176 Å². The Morgan fingerprint density at radius 3 is 2.17 bits per heavy atom. The molecule has 1 aromatic rings. The molecule has 1 saturated heterocycles. The molecule has 1 heterocycles. The molecule has 0 unspecified atom stereocenters. The monoisotopic (exact) mass is 457 g/mol. The van der Waals surface area contributed by atoms with Gasteiger partial charge in [0, 0.05) is 10.0 Å². The number of ether oxygens (including phenoxy) is 1. The van der Waals surface area contributed by atoms with E-state index < -0.39 is 18.6 Å². The van der Waals surface area contributed by atoms with Crippen molar-refractivity contribution in [3.63, 3.8) is 0 Å². The number of imide groups is 1. The van der Waals surface area contributed by atoms with E-state index in [1.165, 1.54) is 6.92 Å². The number of rotatable bonds is 5. The first-order chi connectivity index (χ1) is 13.9. The maximum atomic E-state index is 13.0. The number of Topliss-reactive ketones (excluding diaryl/α,β-unsaturated/α-hetero) is 1. The van der Waals surface area contributed by atoms with Crippen molar-refractivity contribution in [1.29, 1.82) is 0 Å². The second kappa shape index (κ2) is 6.62. The van der Waals surface area contributed by atoms with Crippen LogP contribution >= 0.6 is 15.9 Å². The normalized spacial score (nSPS) is 34.6. The van der Waals surface area contributed by atoms with Gasteiger partial charge < -0.3 is 4.74 Å². The van der Waals surface area contributed by atoms with Gasteiger partial charge in [-0.25, -0.2) is 4.79 Å². The van der Waals surface area contributed by atoms with Crippen molar-refractivity contribution in [2.75, 3.05) is 6.61 Å². The molecular weight excluding hydrogens is 438 g/mol. The highest BCUT2D eigenvalue weighted by Gasteiger charge is 2.67. The highest BCUT2D eigenvalue weighted by Crippen LogP contribution is 2.65. The summed E-state index contributed by atoms with van der Waals surface area (Å²) in [6, 6.07) is 5.70. The lowest BCUT2D eigenvalue weighted by molar-refractivity contribution is -0.157. The minimum absolute atomic E-state index is 0.110. The molecule has 0 N–H and O–H groups in total. The molecular formula is C22H20BrNO5. The van der Waals surface area contributed by atoms with Gasteiger partial charge in [-0.1, -0.05) is 40.2 Å². The average Bonchev–Trinajstić information content (AvgIpc) is 3.49. The lowest BCUT2D eigenvalue weighted by atomic mass is 9.63. The quantitative estimate of drug-likeness (QED) is 0.293. The molecule has 150 valence electrons. The molecule has 7 heteroatoms. The number of esters is 1. The summed E-state index contributed by atoms with van der Waals surface area (Å²) in [4.78, 5) is 51.9. The molecule has 0 radical (unpaired) electrons. The zero-order valence-electron chi connectivity index (χ0n) is 15.8. The summed E-state index contributed by atoms with van der Waals surface area (Å²) in [5.74, 6) is -1.07. The number of hydrogen-bond acceptors (Lipinski definition) is 5. The van der Waals surface area contributed by atoms with Crippen molar-refractivity contribution in [1.82, 2.24) is 4.90 Å². The zero-order valence-corrected chi connectivity index (χ0v) is 17.4. The Balaban J connectivity index is 1.26. The Morgan fingerprint density at radius 1 is 1.07 bits per heavy atom. The number of amides is 2. The fourth-order valence-corrected chi connectivity index (χ4v) is 5.71. The fraction of sp³-hybridized carbons (Fsp3) is 0.455. The fourth-order valence-electron chi connectivity index (χ4n) is 5.44. The van der Waals surface area contributed by atoms with Crippen LogP contribution in [0, 0.1) is 35.5 Å². The maximum absolute atomic E-state index is 13.0. The first kappa shape index (κ1) is 18.7. The van der Waals surface area contributed by atoms with E-state index in [0.29, 0.717) is 17.4 Å². The van der Waals surface area contributed by atoms with Crippen molar-refractivity contribution in [2.24, 2.45) is 35.5 Å². The van der Waals surface area contributed by atoms with Gasteiger partial charge in [0.25, 0.3) is 0 Å². The van der Waals surface area contributed by atoms with Gasteiger partial charge in [-0.15, -0.1) is 0 Å². The summed E-state index contributed by atoms with van der Waals surface area (Å²) in [5.41, 5.74) is 0.426. The molecule has 1 aliphatic heterocycles. The van der Waals surface area contributed by atoms with Crippen LogP contribution in [0.3, 0.4) is 0 Å². The lowest BCUT2D eigenvalue weighted by Crippen LogP contribution is -2.45. The minimum Gasteiger partial charge on any atom is -0.456 e. The summed E-state index contributed by atoms with van der Waals surface area (Å²) < 4.78 is 5.99. The average molecular weight is 458 g/mol. The van der Waals surface area contributed by atoms with E-state index in [1.807, 2.05) is 0 Å². The number of nitrogens with zero attached hydrogens (tertiary/aromatic N) is 1. The molecule has 2 amide bonds. The molecule has 2 saturated carbocycles. The topological polar surface area (TPSA) is 80.8 Å².